The van der Waals surface area contributed by atoms with E-state index in [1.165, 1.54) is 31.3 Å². The Bertz CT molecular complexity index is 161. The molecule has 0 aromatic rings. The lowest BCUT2D eigenvalue weighted by molar-refractivity contribution is 0.807. The van der Waals surface area contributed by atoms with Crippen LogP contribution in [0.2, 0.25) is 0 Å². The van der Waals surface area contributed by atoms with Crippen LogP contribution in [-0.2, 0) is 0 Å². The van der Waals surface area contributed by atoms with Gasteiger partial charge >= 0.3 is 0 Å². The molecule has 0 radical (unpaired) electrons. The predicted octanol–water partition coefficient (Wildman–Crippen LogP) is 4.48. The summed E-state index contributed by atoms with van der Waals surface area (Å²) < 4.78 is 0. The molecule has 70 valence electrons. The molecule has 0 unspecified atom stereocenters. The third-order valence-corrected chi connectivity index (χ3v) is 2.09. The van der Waals surface area contributed by atoms with Gasteiger partial charge in [-0.25, -0.2) is 0 Å². The van der Waals surface area contributed by atoms with Gasteiger partial charge in [-0.3, -0.25) is 0 Å². The maximum atomic E-state index is 2.27. The molecule has 0 nitrogen and oxygen atoms in total. The van der Waals surface area contributed by atoms with E-state index < -0.39 is 0 Å². The lowest BCUT2D eigenvalue weighted by Crippen LogP contribution is -1.91. The first-order valence-corrected chi connectivity index (χ1v) is 5.19. The molecule has 0 atom stereocenters. The van der Waals surface area contributed by atoms with Gasteiger partial charge in [-0.2, -0.15) is 0 Å². The van der Waals surface area contributed by atoms with Crippen molar-refractivity contribution in [1.82, 2.24) is 0 Å². The molecule has 0 spiro atoms. The second-order valence-corrected chi connectivity index (χ2v) is 2.98. The van der Waals surface area contributed by atoms with Gasteiger partial charge in [-0.1, -0.05) is 50.5 Å². The molecule has 0 heteroatoms. The fourth-order valence-corrected chi connectivity index (χ4v) is 1.46. The summed E-state index contributed by atoms with van der Waals surface area (Å²) >= 11 is 0. The fourth-order valence-electron chi connectivity index (χ4n) is 1.46. The van der Waals surface area contributed by atoms with Crippen molar-refractivity contribution in [1.29, 1.82) is 0 Å². The number of hydrogen-bond donors (Lipinski definition) is 0. The quantitative estimate of drug-likeness (QED) is 0.567. The van der Waals surface area contributed by atoms with E-state index in [1.807, 2.05) is 13.8 Å². The zero-order valence-corrected chi connectivity index (χ0v) is 8.98. The average Bonchev–Trinajstić information content (AvgIpc) is 2.13. The minimum atomic E-state index is 1.26. The smallest absolute Gasteiger partial charge is 0.0280 e. The molecule has 0 aromatic heterocycles. The standard InChI is InChI=1S/C10H16.C2H6/c1-3-6-10-8-5-4-7-9(10)2;1-2/h4,7H,3,5-6,8H2,1-2H3;1-2H3. The lowest BCUT2D eigenvalue weighted by atomic mass is 9.95. The van der Waals surface area contributed by atoms with Crippen LogP contribution in [0.4, 0.5) is 0 Å². The fraction of sp³-hybridized carbons (Fsp3) is 0.667. The van der Waals surface area contributed by atoms with Crippen LogP contribution in [0.25, 0.3) is 0 Å². The molecule has 0 heterocycles. The van der Waals surface area contributed by atoms with Crippen molar-refractivity contribution in [3.05, 3.63) is 23.3 Å². The van der Waals surface area contributed by atoms with Crippen LogP contribution in [0.5, 0.6) is 0 Å². The highest BCUT2D eigenvalue weighted by Crippen LogP contribution is 2.22. The SMILES string of the molecule is CC.CCCC1=C(C)C=CCC1. The predicted molar refractivity (Wildman–Crippen MR) is 57.3 cm³/mol. The molecule has 0 aromatic carbocycles. The molecular formula is C12H22. The zero-order valence-electron chi connectivity index (χ0n) is 8.98. The van der Waals surface area contributed by atoms with Crippen LogP contribution in [0.3, 0.4) is 0 Å². The minimum absolute atomic E-state index is 1.26. The van der Waals surface area contributed by atoms with Gasteiger partial charge in [0.15, 0.2) is 0 Å². The Kier molecular flexibility index (Phi) is 6.84. The van der Waals surface area contributed by atoms with Gasteiger partial charge in [0.1, 0.15) is 0 Å². The minimum Gasteiger partial charge on any atom is -0.0840 e. The third kappa shape index (κ3) is 3.75. The van der Waals surface area contributed by atoms with Crippen molar-refractivity contribution >= 4 is 0 Å². The molecular weight excluding hydrogens is 144 g/mol. The summed E-state index contributed by atoms with van der Waals surface area (Å²) in [6, 6.07) is 0. The van der Waals surface area contributed by atoms with Crippen molar-refractivity contribution in [3.8, 4) is 0 Å². The van der Waals surface area contributed by atoms with Gasteiger partial charge in [-0.05, 0) is 26.2 Å². The Labute approximate surface area is 77.4 Å². The second-order valence-electron chi connectivity index (χ2n) is 2.98. The van der Waals surface area contributed by atoms with Crippen LogP contribution in [0, 0.1) is 0 Å². The van der Waals surface area contributed by atoms with E-state index in [9.17, 15) is 0 Å². The number of rotatable bonds is 2. The summed E-state index contributed by atoms with van der Waals surface area (Å²) in [5.41, 5.74) is 3.18. The van der Waals surface area contributed by atoms with Gasteiger partial charge < -0.3 is 0 Å². The normalized spacial score (nSPS) is 15.7. The van der Waals surface area contributed by atoms with Gasteiger partial charge in [0.2, 0.25) is 0 Å². The molecule has 1 aliphatic rings. The first-order chi connectivity index (χ1) is 5.84. The highest BCUT2D eigenvalue weighted by Gasteiger charge is 2.02. The lowest BCUT2D eigenvalue weighted by Gasteiger charge is -2.11. The van der Waals surface area contributed by atoms with Crippen molar-refractivity contribution in [2.24, 2.45) is 0 Å². The van der Waals surface area contributed by atoms with Crippen LogP contribution in [-0.4, -0.2) is 0 Å². The largest absolute Gasteiger partial charge is 0.0840 e. The van der Waals surface area contributed by atoms with Crippen LogP contribution in [0.15, 0.2) is 23.3 Å². The average molecular weight is 166 g/mol. The molecule has 12 heavy (non-hydrogen) atoms. The van der Waals surface area contributed by atoms with Crippen molar-refractivity contribution < 1.29 is 0 Å². The summed E-state index contributed by atoms with van der Waals surface area (Å²) in [5.74, 6) is 0. The summed E-state index contributed by atoms with van der Waals surface area (Å²) in [6.45, 7) is 8.47. The highest BCUT2D eigenvalue weighted by molar-refractivity contribution is 5.27. The molecule has 0 bridgehead atoms. The van der Waals surface area contributed by atoms with E-state index in [0.717, 1.165) is 0 Å². The maximum Gasteiger partial charge on any atom is -0.0280 e. The highest BCUT2D eigenvalue weighted by atomic mass is 14.1. The summed E-state index contributed by atoms with van der Waals surface area (Å²) in [5, 5.41) is 0. The number of hydrogen-bond acceptors (Lipinski definition) is 0. The Morgan fingerprint density at radius 3 is 2.50 bits per heavy atom. The third-order valence-electron chi connectivity index (χ3n) is 2.09. The van der Waals surface area contributed by atoms with Crippen molar-refractivity contribution in [3.63, 3.8) is 0 Å². The molecule has 0 amide bonds. The summed E-state index contributed by atoms with van der Waals surface area (Å²) in [6.07, 6.45) is 9.68. The summed E-state index contributed by atoms with van der Waals surface area (Å²) in [7, 11) is 0. The summed E-state index contributed by atoms with van der Waals surface area (Å²) in [4.78, 5) is 0. The molecule has 0 fully saturated rings. The molecule has 0 saturated heterocycles. The topological polar surface area (TPSA) is 0 Å². The van der Waals surface area contributed by atoms with E-state index in [-0.39, 0.29) is 0 Å². The molecule has 0 aliphatic heterocycles. The Balaban J connectivity index is 0.000000561. The Morgan fingerprint density at radius 2 is 2.00 bits per heavy atom. The Morgan fingerprint density at radius 1 is 1.33 bits per heavy atom. The van der Waals surface area contributed by atoms with Crippen LogP contribution in [0.1, 0.15) is 53.4 Å². The van der Waals surface area contributed by atoms with E-state index in [1.54, 1.807) is 5.57 Å². The van der Waals surface area contributed by atoms with Gasteiger partial charge in [0.25, 0.3) is 0 Å². The zero-order chi connectivity index (χ0) is 9.40. The van der Waals surface area contributed by atoms with Gasteiger partial charge in [0.05, 0.1) is 0 Å². The monoisotopic (exact) mass is 166 g/mol. The molecule has 0 N–H and O–H groups in total. The maximum absolute atomic E-state index is 2.27. The van der Waals surface area contributed by atoms with E-state index in [2.05, 4.69) is 26.0 Å². The van der Waals surface area contributed by atoms with Crippen LogP contribution < -0.4 is 0 Å². The van der Waals surface area contributed by atoms with Gasteiger partial charge in [-0.15, -0.1) is 0 Å². The van der Waals surface area contributed by atoms with Gasteiger partial charge in [0, 0.05) is 0 Å². The van der Waals surface area contributed by atoms with Crippen LogP contribution >= 0.6 is 0 Å². The second kappa shape index (κ2) is 7.15. The van der Waals surface area contributed by atoms with E-state index >= 15 is 0 Å². The van der Waals surface area contributed by atoms with E-state index in [4.69, 9.17) is 0 Å². The Hall–Kier alpha value is -0.520. The first-order valence-electron chi connectivity index (χ1n) is 5.19. The number of allylic oxidation sites excluding steroid dienone is 4. The molecule has 0 saturated carbocycles. The molecule has 1 rings (SSSR count). The first kappa shape index (κ1) is 11.5. The van der Waals surface area contributed by atoms with Crippen molar-refractivity contribution in [2.45, 2.75) is 53.4 Å². The van der Waals surface area contributed by atoms with E-state index in [0.29, 0.717) is 0 Å². The molecule has 1 aliphatic carbocycles. The van der Waals surface area contributed by atoms with Crippen molar-refractivity contribution in [2.75, 3.05) is 0 Å².